The second-order valence-electron chi connectivity index (χ2n) is 4.93. The first-order valence-electron chi connectivity index (χ1n) is 6.50. The number of nitrogens with zero attached hydrogens (tertiary/aromatic N) is 2. The summed E-state index contributed by atoms with van der Waals surface area (Å²) in [5, 5.41) is 9.42. The first-order chi connectivity index (χ1) is 9.69. The molecular weight excluding hydrogens is 270 g/mol. The third-order valence-corrected chi connectivity index (χ3v) is 4.06. The second kappa shape index (κ2) is 5.07. The van der Waals surface area contributed by atoms with Crippen molar-refractivity contribution < 1.29 is 0 Å². The molecule has 0 spiro atoms. The smallest absolute Gasteiger partial charge is 0.101 e. The van der Waals surface area contributed by atoms with Crippen LogP contribution in [0.5, 0.6) is 0 Å². The Kier molecular flexibility index (Phi) is 3.25. The predicted octanol–water partition coefficient (Wildman–Crippen LogP) is 3.36. The normalized spacial score (nSPS) is 13.7. The monoisotopic (exact) mass is 283 g/mol. The van der Waals surface area contributed by atoms with Crippen LogP contribution in [0, 0.1) is 11.3 Å². The molecule has 0 aliphatic carbocycles. The maximum atomic E-state index is 8.92. The molecule has 0 atom stereocenters. The van der Waals surface area contributed by atoms with E-state index >= 15 is 0 Å². The molecule has 2 N–H and O–H groups in total. The van der Waals surface area contributed by atoms with Crippen molar-refractivity contribution in [1.29, 1.82) is 5.26 Å². The van der Waals surface area contributed by atoms with Gasteiger partial charge in [-0.05, 0) is 41.8 Å². The van der Waals surface area contributed by atoms with Crippen molar-refractivity contribution in [2.24, 2.45) is 0 Å². The van der Waals surface area contributed by atoms with Crippen molar-refractivity contribution in [2.45, 2.75) is 13.0 Å². The molecule has 2 aromatic carbocycles. The van der Waals surface area contributed by atoms with E-state index in [9.17, 15) is 0 Å². The molecule has 3 rings (SSSR count). The summed E-state index contributed by atoms with van der Waals surface area (Å²) in [5.41, 5.74) is 11.0. The fourth-order valence-corrected chi connectivity index (χ4v) is 2.84. The Hall–Kier alpha value is -2.18. The van der Waals surface area contributed by atoms with Gasteiger partial charge in [-0.3, -0.25) is 0 Å². The van der Waals surface area contributed by atoms with Gasteiger partial charge in [0, 0.05) is 24.5 Å². The third kappa shape index (κ3) is 2.19. The number of halogens is 1. The summed E-state index contributed by atoms with van der Waals surface area (Å²) in [6.45, 7) is 1.71. The fourth-order valence-electron chi connectivity index (χ4n) is 2.62. The van der Waals surface area contributed by atoms with E-state index in [0.29, 0.717) is 10.6 Å². The third-order valence-electron chi connectivity index (χ3n) is 3.75. The van der Waals surface area contributed by atoms with E-state index in [-0.39, 0.29) is 0 Å². The zero-order valence-corrected chi connectivity index (χ0v) is 11.7. The lowest BCUT2D eigenvalue weighted by Crippen LogP contribution is -2.30. The minimum absolute atomic E-state index is 0.497. The minimum atomic E-state index is 0.497. The molecule has 20 heavy (non-hydrogen) atoms. The maximum absolute atomic E-state index is 8.92. The van der Waals surface area contributed by atoms with Gasteiger partial charge in [-0.25, -0.2) is 0 Å². The average molecular weight is 284 g/mol. The van der Waals surface area contributed by atoms with Crippen LogP contribution >= 0.6 is 11.6 Å². The van der Waals surface area contributed by atoms with Crippen LogP contribution in [0.15, 0.2) is 36.4 Å². The summed E-state index contributed by atoms with van der Waals surface area (Å²) in [7, 11) is 0. The van der Waals surface area contributed by atoms with Gasteiger partial charge in [0.05, 0.1) is 10.6 Å². The first kappa shape index (κ1) is 12.8. The fraction of sp³-hybridized carbons (Fsp3) is 0.188. The van der Waals surface area contributed by atoms with E-state index in [4.69, 9.17) is 22.6 Å². The Morgan fingerprint density at radius 2 is 2.10 bits per heavy atom. The predicted molar refractivity (Wildman–Crippen MR) is 81.8 cm³/mol. The second-order valence-corrected chi connectivity index (χ2v) is 5.34. The van der Waals surface area contributed by atoms with Crippen molar-refractivity contribution in [3.05, 3.63) is 58.1 Å². The number of fused-ring (bicyclic) bond motifs is 1. The van der Waals surface area contributed by atoms with Crippen LogP contribution in [0.4, 0.5) is 11.4 Å². The Morgan fingerprint density at radius 3 is 2.85 bits per heavy atom. The van der Waals surface area contributed by atoms with Gasteiger partial charge < -0.3 is 10.6 Å². The van der Waals surface area contributed by atoms with Crippen molar-refractivity contribution >= 4 is 23.0 Å². The number of nitrogen functional groups attached to an aromatic ring is 1. The van der Waals surface area contributed by atoms with E-state index in [1.165, 1.54) is 11.1 Å². The van der Waals surface area contributed by atoms with Crippen LogP contribution in [0.1, 0.15) is 16.7 Å². The SMILES string of the molecule is N#Cc1ccc(N2CCc3cccc(N)c3C2)cc1Cl. The van der Waals surface area contributed by atoms with Crippen molar-refractivity contribution in [3.8, 4) is 6.07 Å². The standard InChI is InChI=1S/C16H14ClN3/c17-15-8-13(5-4-12(15)9-18)20-7-6-11-2-1-3-16(19)14(11)10-20/h1-5,8H,6-7,10,19H2. The number of hydrogen-bond donors (Lipinski definition) is 1. The lowest BCUT2D eigenvalue weighted by Gasteiger charge is -2.31. The number of benzene rings is 2. The van der Waals surface area contributed by atoms with Gasteiger partial charge >= 0.3 is 0 Å². The van der Waals surface area contributed by atoms with Crippen LogP contribution in [0.2, 0.25) is 5.02 Å². The molecule has 1 aliphatic heterocycles. The molecular formula is C16H14ClN3. The Morgan fingerprint density at radius 1 is 1.25 bits per heavy atom. The minimum Gasteiger partial charge on any atom is -0.398 e. The van der Waals surface area contributed by atoms with Crippen LogP contribution in [-0.2, 0) is 13.0 Å². The highest BCUT2D eigenvalue weighted by Gasteiger charge is 2.18. The van der Waals surface area contributed by atoms with E-state index in [1.54, 1.807) is 6.07 Å². The van der Waals surface area contributed by atoms with Crippen molar-refractivity contribution in [3.63, 3.8) is 0 Å². The van der Waals surface area contributed by atoms with Crippen molar-refractivity contribution in [1.82, 2.24) is 0 Å². The largest absolute Gasteiger partial charge is 0.398 e. The quantitative estimate of drug-likeness (QED) is 0.817. The highest BCUT2D eigenvalue weighted by Crippen LogP contribution is 2.30. The molecule has 1 aliphatic rings. The van der Waals surface area contributed by atoms with Crippen LogP contribution in [-0.4, -0.2) is 6.54 Å². The summed E-state index contributed by atoms with van der Waals surface area (Å²) < 4.78 is 0. The molecule has 0 aromatic heterocycles. The summed E-state index contributed by atoms with van der Waals surface area (Å²) in [5.74, 6) is 0. The molecule has 3 nitrogen and oxygen atoms in total. The Bertz CT molecular complexity index is 703. The molecule has 0 saturated heterocycles. The van der Waals surface area contributed by atoms with Crippen LogP contribution in [0.3, 0.4) is 0 Å². The summed E-state index contributed by atoms with van der Waals surface area (Å²) >= 11 is 6.11. The highest BCUT2D eigenvalue weighted by atomic mass is 35.5. The molecule has 0 bridgehead atoms. The number of nitriles is 1. The molecule has 0 saturated carbocycles. The summed E-state index contributed by atoms with van der Waals surface area (Å²) in [4.78, 5) is 2.24. The zero-order valence-electron chi connectivity index (χ0n) is 10.9. The molecule has 2 aromatic rings. The Labute approximate surface area is 123 Å². The van der Waals surface area contributed by atoms with Gasteiger partial charge in [-0.2, -0.15) is 5.26 Å². The number of nitrogens with two attached hydrogens (primary N) is 1. The van der Waals surface area contributed by atoms with E-state index in [2.05, 4.69) is 17.0 Å². The lowest BCUT2D eigenvalue weighted by atomic mass is 9.97. The zero-order chi connectivity index (χ0) is 14.1. The number of anilines is 2. The van der Waals surface area contributed by atoms with Crippen LogP contribution < -0.4 is 10.6 Å². The Balaban J connectivity index is 1.93. The number of rotatable bonds is 1. The van der Waals surface area contributed by atoms with Gasteiger partial charge in [0.25, 0.3) is 0 Å². The van der Waals surface area contributed by atoms with Gasteiger partial charge in [-0.15, -0.1) is 0 Å². The topological polar surface area (TPSA) is 53.0 Å². The van der Waals surface area contributed by atoms with Gasteiger partial charge in [0.15, 0.2) is 0 Å². The van der Waals surface area contributed by atoms with Gasteiger partial charge in [0.2, 0.25) is 0 Å². The maximum Gasteiger partial charge on any atom is 0.101 e. The average Bonchev–Trinajstić information content (AvgIpc) is 2.47. The van der Waals surface area contributed by atoms with Gasteiger partial charge in [-0.1, -0.05) is 23.7 Å². The molecule has 4 heteroatoms. The first-order valence-corrected chi connectivity index (χ1v) is 6.87. The van der Waals surface area contributed by atoms with E-state index < -0.39 is 0 Å². The van der Waals surface area contributed by atoms with Crippen LogP contribution in [0.25, 0.3) is 0 Å². The molecule has 0 fully saturated rings. The van der Waals surface area contributed by atoms with Gasteiger partial charge in [0.1, 0.15) is 6.07 Å². The number of hydrogen-bond acceptors (Lipinski definition) is 3. The molecule has 1 heterocycles. The molecule has 0 radical (unpaired) electrons. The molecule has 100 valence electrons. The van der Waals surface area contributed by atoms with Crippen molar-refractivity contribution in [2.75, 3.05) is 17.2 Å². The van der Waals surface area contributed by atoms with E-state index in [1.807, 2.05) is 24.3 Å². The molecule has 0 amide bonds. The highest BCUT2D eigenvalue weighted by molar-refractivity contribution is 6.32. The summed E-state index contributed by atoms with van der Waals surface area (Å²) in [6.07, 6.45) is 0.970. The molecule has 0 unspecified atom stereocenters. The van der Waals surface area contributed by atoms with E-state index in [0.717, 1.165) is 30.9 Å². The summed E-state index contributed by atoms with van der Waals surface area (Å²) in [6, 6.07) is 13.7. The lowest BCUT2D eigenvalue weighted by molar-refractivity contribution is 0.733.